The number of rotatable bonds is 3. The second-order valence-corrected chi connectivity index (χ2v) is 5.85. The number of nitrogens with one attached hydrogen (secondary N) is 1. The van der Waals surface area contributed by atoms with Crippen molar-refractivity contribution in [1.82, 2.24) is 10.4 Å². The first-order valence-corrected chi connectivity index (χ1v) is 8.54. The molecule has 0 unspecified atom stereocenters. The van der Waals surface area contributed by atoms with Gasteiger partial charge in [-0.1, -0.05) is 25.5 Å². The number of allylic oxidation sites excluding steroid dienone is 5. The van der Waals surface area contributed by atoms with Gasteiger partial charge in [-0.15, -0.1) is 13.2 Å². The van der Waals surface area contributed by atoms with Gasteiger partial charge in [-0.25, -0.2) is 5.43 Å². The number of halogens is 3. The van der Waals surface area contributed by atoms with Crippen LogP contribution in [0.2, 0.25) is 0 Å². The van der Waals surface area contributed by atoms with Gasteiger partial charge in [0.1, 0.15) is 5.75 Å². The number of alkyl halides is 3. The molecule has 1 aliphatic rings. The average molecular weight is 368 g/mol. The van der Waals surface area contributed by atoms with Crippen molar-refractivity contribution >= 4 is 5.57 Å². The normalized spacial score (nSPS) is 14.2. The lowest BCUT2D eigenvalue weighted by Crippen LogP contribution is -2.34. The second kappa shape index (κ2) is 8.94. The van der Waals surface area contributed by atoms with Crippen LogP contribution in [0.25, 0.3) is 5.57 Å². The fourth-order valence-corrected chi connectivity index (χ4v) is 2.71. The van der Waals surface area contributed by atoms with Crippen LogP contribution in [0.4, 0.5) is 13.2 Å². The van der Waals surface area contributed by atoms with Crippen LogP contribution >= 0.6 is 0 Å². The van der Waals surface area contributed by atoms with Crippen LogP contribution < -0.4 is 10.2 Å². The van der Waals surface area contributed by atoms with Crippen LogP contribution in [0, 0.1) is 6.92 Å². The molecular formula is C20H27F3N2O. The number of benzene rings is 1. The Kier molecular flexibility index (Phi) is 7.51. The third-order valence-corrected chi connectivity index (χ3v) is 3.73. The summed E-state index contributed by atoms with van der Waals surface area (Å²) in [5.74, 6) is -0.208. The summed E-state index contributed by atoms with van der Waals surface area (Å²) in [6.45, 7) is 11.8. The Morgan fingerprint density at radius 2 is 1.69 bits per heavy atom. The van der Waals surface area contributed by atoms with E-state index in [2.05, 4.69) is 10.2 Å². The number of hydrazine groups is 1. The van der Waals surface area contributed by atoms with E-state index >= 15 is 0 Å². The van der Waals surface area contributed by atoms with Gasteiger partial charge in [0, 0.05) is 12.7 Å². The van der Waals surface area contributed by atoms with Crippen molar-refractivity contribution in [3.8, 4) is 5.75 Å². The monoisotopic (exact) mass is 368 g/mol. The van der Waals surface area contributed by atoms with Crippen LogP contribution in [0.3, 0.4) is 0 Å². The van der Waals surface area contributed by atoms with E-state index in [4.69, 9.17) is 0 Å². The van der Waals surface area contributed by atoms with E-state index in [1.807, 2.05) is 58.8 Å². The molecule has 0 aliphatic carbocycles. The molecule has 1 aromatic rings. The highest BCUT2D eigenvalue weighted by molar-refractivity contribution is 5.80. The molecule has 26 heavy (non-hydrogen) atoms. The number of hydrogen-bond donors (Lipinski definition) is 1. The molecule has 0 atom stereocenters. The second-order valence-electron chi connectivity index (χ2n) is 5.85. The molecule has 0 saturated heterocycles. The van der Waals surface area contributed by atoms with E-state index in [9.17, 15) is 13.2 Å². The Labute approximate surface area is 153 Å². The first-order chi connectivity index (χ1) is 12.1. The molecular weight excluding hydrogens is 341 g/mol. The van der Waals surface area contributed by atoms with E-state index in [1.54, 1.807) is 13.0 Å². The minimum Gasteiger partial charge on any atom is -0.406 e. The summed E-state index contributed by atoms with van der Waals surface area (Å²) in [5.41, 5.74) is 8.81. The van der Waals surface area contributed by atoms with Crippen LogP contribution in [-0.2, 0) is 0 Å². The van der Waals surface area contributed by atoms with Gasteiger partial charge >= 0.3 is 6.36 Å². The molecule has 0 radical (unpaired) electrons. The maximum atomic E-state index is 12.3. The fourth-order valence-electron chi connectivity index (χ4n) is 2.71. The number of nitrogens with zero attached hydrogens (tertiary/aromatic N) is 1. The van der Waals surface area contributed by atoms with Crippen LogP contribution in [0.1, 0.15) is 45.7 Å². The number of aryl methyl sites for hydroxylation is 1. The minimum atomic E-state index is -4.68. The smallest absolute Gasteiger partial charge is 0.406 e. The molecule has 144 valence electrons. The van der Waals surface area contributed by atoms with Crippen LogP contribution in [0.5, 0.6) is 5.75 Å². The molecule has 0 spiro atoms. The SMILES string of the molecule is CC.CNN1C(C)=CC(c2ccc(OC(F)(F)F)cc2C)=CC1=C(C)C. The lowest BCUT2D eigenvalue weighted by atomic mass is 9.95. The summed E-state index contributed by atoms with van der Waals surface area (Å²) >= 11 is 0. The molecule has 1 aromatic carbocycles. The Morgan fingerprint density at radius 3 is 2.15 bits per heavy atom. The molecule has 0 bridgehead atoms. The molecule has 1 aliphatic heterocycles. The predicted octanol–water partition coefficient (Wildman–Crippen LogP) is 5.95. The van der Waals surface area contributed by atoms with E-state index < -0.39 is 6.36 Å². The lowest BCUT2D eigenvalue weighted by molar-refractivity contribution is -0.274. The van der Waals surface area contributed by atoms with Gasteiger partial charge < -0.3 is 4.74 Å². The molecule has 1 heterocycles. The molecule has 2 rings (SSSR count). The third-order valence-electron chi connectivity index (χ3n) is 3.73. The largest absolute Gasteiger partial charge is 0.573 e. The van der Waals surface area contributed by atoms with Gasteiger partial charge in [-0.3, -0.25) is 5.01 Å². The van der Waals surface area contributed by atoms with Gasteiger partial charge in [-0.2, -0.15) is 0 Å². The van der Waals surface area contributed by atoms with E-state index in [0.717, 1.165) is 33.7 Å². The highest BCUT2D eigenvalue weighted by Gasteiger charge is 2.31. The summed E-state index contributed by atoms with van der Waals surface area (Å²) in [4.78, 5) is 0. The Bertz CT molecular complexity index is 727. The summed E-state index contributed by atoms with van der Waals surface area (Å²) in [5, 5.41) is 1.97. The summed E-state index contributed by atoms with van der Waals surface area (Å²) in [6.07, 6.45) is -0.669. The zero-order chi connectivity index (χ0) is 20.1. The highest BCUT2D eigenvalue weighted by atomic mass is 19.4. The Balaban J connectivity index is 0.00000163. The topological polar surface area (TPSA) is 24.5 Å². The third kappa shape index (κ3) is 5.39. The number of hydrogen-bond acceptors (Lipinski definition) is 3. The van der Waals surface area contributed by atoms with E-state index in [0.29, 0.717) is 0 Å². The van der Waals surface area contributed by atoms with Crippen molar-refractivity contribution in [3.05, 3.63) is 58.4 Å². The average Bonchev–Trinajstić information content (AvgIpc) is 2.54. The number of ether oxygens (including phenoxy) is 1. The molecule has 0 saturated carbocycles. The molecule has 6 heteroatoms. The molecule has 0 fully saturated rings. The van der Waals surface area contributed by atoms with Crippen molar-refractivity contribution in [1.29, 1.82) is 0 Å². The van der Waals surface area contributed by atoms with Crippen molar-refractivity contribution in [3.63, 3.8) is 0 Å². The van der Waals surface area contributed by atoms with Gasteiger partial charge in [0.2, 0.25) is 0 Å². The fraction of sp³-hybridized carbons (Fsp3) is 0.400. The first kappa shape index (κ1) is 21.8. The molecule has 1 N–H and O–H groups in total. The van der Waals surface area contributed by atoms with Gasteiger partial charge in [-0.05, 0) is 68.7 Å². The summed E-state index contributed by atoms with van der Waals surface area (Å²) < 4.78 is 41.0. The minimum absolute atomic E-state index is 0.208. The molecule has 3 nitrogen and oxygen atoms in total. The van der Waals surface area contributed by atoms with Gasteiger partial charge in [0.15, 0.2) is 0 Å². The van der Waals surface area contributed by atoms with E-state index in [-0.39, 0.29) is 5.75 Å². The predicted molar refractivity (Wildman–Crippen MR) is 100 cm³/mol. The van der Waals surface area contributed by atoms with Gasteiger partial charge in [0.05, 0.1) is 5.70 Å². The van der Waals surface area contributed by atoms with Crippen LogP contribution in [0.15, 0.2) is 47.3 Å². The molecule has 0 aromatic heterocycles. The van der Waals surface area contributed by atoms with Crippen molar-refractivity contribution in [2.45, 2.75) is 47.9 Å². The Morgan fingerprint density at radius 1 is 1.08 bits per heavy atom. The van der Waals surface area contributed by atoms with E-state index in [1.165, 1.54) is 12.1 Å². The zero-order valence-electron chi connectivity index (χ0n) is 16.4. The Hall–Kier alpha value is -2.21. The first-order valence-electron chi connectivity index (χ1n) is 8.54. The van der Waals surface area contributed by atoms with Gasteiger partial charge in [0.25, 0.3) is 0 Å². The van der Waals surface area contributed by atoms with Crippen LogP contribution in [-0.4, -0.2) is 18.4 Å². The summed E-state index contributed by atoms with van der Waals surface area (Å²) in [7, 11) is 1.84. The van der Waals surface area contributed by atoms with Crippen molar-refractivity contribution < 1.29 is 17.9 Å². The zero-order valence-corrected chi connectivity index (χ0v) is 16.4. The summed E-state index contributed by atoms with van der Waals surface area (Å²) in [6, 6.07) is 4.40. The maximum absolute atomic E-state index is 12.3. The highest BCUT2D eigenvalue weighted by Crippen LogP contribution is 2.33. The van der Waals surface area contributed by atoms with Crippen molar-refractivity contribution in [2.24, 2.45) is 0 Å². The lowest BCUT2D eigenvalue weighted by Gasteiger charge is -2.31. The molecule has 0 amide bonds. The quantitative estimate of drug-likeness (QED) is 0.713. The maximum Gasteiger partial charge on any atom is 0.573 e. The standard InChI is InChI=1S/C18H21F3N2O.C2H6/c1-11(2)17-10-14(9-13(4)23(17)22-5)16-7-6-15(8-12(16)3)24-18(19,20)21;1-2/h6-10,22H,1-5H3;1-2H3. The van der Waals surface area contributed by atoms with Crippen molar-refractivity contribution in [2.75, 3.05) is 7.05 Å².